The topological polar surface area (TPSA) is 108 Å². The third-order valence-electron chi connectivity index (χ3n) is 6.49. The predicted molar refractivity (Wildman–Crippen MR) is 121 cm³/mol. The number of piperidine rings is 2. The summed E-state index contributed by atoms with van der Waals surface area (Å²) in [5.74, 6) is 1.38. The number of carbonyl (C=O) groups is 1. The van der Waals surface area contributed by atoms with Crippen molar-refractivity contribution in [3.8, 4) is 5.88 Å². The molecule has 0 aliphatic carbocycles. The Bertz CT molecular complexity index is 984. The molecule has 2 saturated heterocycles. The Hall–Kier alpha value is -3.16. The summed E-state index contributed by atoms with van der Waals surface area (Å²) in [5.41, 5.74) is 8.21. The van der Waals surface area contributed by atoms with Crippen molar-refractivity contribution < 1.29 is 9.53 Å². The van der Waals surface area contributed by atoms with Gasteiger partial charge in [0.15, 0.2) is 0 Å². The number of aromatic nitrogens is 2. The number of benzene rings is 1. The molecule has 2 aromatic rings. The van der Waals surface area contributed by atoms with Gasteiger partial charge in [0, 0.05) is 42.6 Å². The van der Waals surface area contributed by atoms with Crippen molar-refractivity contribution in [2.45, 2.75) is 32.6 Å². The van der Waals surface area contributed by atoms with Crippen LogP contribution in [0.5, 0.6) is 5.88 Å². The molecule has 2 fully saturated rings. The number of nitrogen functional groups attached to an aromatic ring is 1. The van der Waals surface area contributed by atoms with Crippen molar-refractivity contribution in [3.05, 3.63) is 41.6 Å². The quantitative estimate of drug-likeness (QED) is 0.566. The van der Waals surface area contributed by atoms with Gasteiger partial charge in [0.2, 0.25) is 17.7 Å². The molecule has 2 aliphatic rings. The largest absolute Gasteiger partial charge is 0.481 e. The van der Waals surface area contributed by atoms with Gasteiger partial charge in [0.25, 0.3) is 0 Å². The zero-order chi connectivity index (χ0) is 22.0. The van der Waals surface area contributed by atoms with Crippen LogP contribution in [0.3, 0.4) is 0 Å². The number of nitrogens with zero attached hydrogens (tertiary/aromatic N) is 4. The molecular formula is C23H30N6O2. The van der Waals surface area contributed by atoms with Crippen LogP contribution in [0.15, 0.2) is 30.3 Å². The minimum Gasteiger partial charge on any atom is -0.481 e. The first-order valence-corrected chi connectivity index (χ1v) is 10.8. The molecule has 1 aromatic carbocycles. The first-order valence-electron chi connectivity index (χ1n) is 10.8. The van der Waals surface area contributed by atoms with Crippen molar-refractivity contribution in [3.63, 3.8) is 0 Å². The van der Waals surface area contributed by atoms with Crippen LogP contribution in [0.4, 0.5) is 11.6 Å². The number of aryl methyl sites for hydroxylation is 1. The van der Waals surface area contributed by atoms with Gasteiger partial charge in [-0.3, -0.25) is 4.79 Å². The lowest BCUT2D eigenvalue weighted by Gasteiger charge is -2.46. The van der Waals surface area contributed by atoms with Gasteiger partial charge < -0.3 is 25.7 Å². The third-order valence-corrected chi connectivity index (χ3v) is 6.49. The number of rotatable bonds is 5. The number of likely N-dealkylation sites (tertiary alicyclic amines) is 1. The molecule has 0 atom stereocenters. The average Bonchev–Trinajstić information content (AvgIpc) is 2.77. The standard InChI is InChI=1S/C23H30N6O2/c1-16-14-20(31-2)27-22(26-16)28-12-9-23(10-13-28)8-5-11-29(21(23)30)15-19(25)17-6-3-4-7-18(17)24/h3-4,6-7,14,25H,5,8-13,15,24H2,1-2H3. The summed E-state index contributed by atoms with van der Waals surface area (Å²) in [6.45, 7) is 4.38. The molecule has 0 bridgehead atoms. The number of methoxy groups -OCH3 is 1. The van der Waals surface area contributed by atoms with Gasteiger partial charge in [0.1, 0.15) is 0 Å². The van der Waals surface area contributed by atoms with Crippen LogP contribution in [-0.4, -0.2) is 59.8 Å². The normalized spacial score (nSPS) is 18.3. The molecule has 31 heavy (non-hydrogen) atoms. The van der Waals surface area contributed by atoms with Crippen LogP contribution in [-0.2, 0) is 4.79 Å². The lowest BCUT2D eigenvalue weighted by molar-refractivity contribution is -0.147. The van der Waals surface area contributed by atoms with Gasteiger partial charge >= 0.3 is 0 Å². The van der Waals surface area contributed by atoms with Crippen molar-refractivity contribution in [2.75, 3.05) is 43.9 Å². The molecule has 0 radical (unpaired) electrons. The summed E-state index contributed by atoms with van der Waals surface area (Å²) in [6.07, 6.45) is 3.39. The highest BCUT2D eigenvalue weighted by Crippen LogP contribution is 2.41. The van der Waals surface area contributed by atoms with Gasteiger partial charge in [-0.1, -0.05) is 18.2 Å². The van der Waals surface area contributed by atoms with E-state index >= 15 is 0 Å². The highest BCUT2D eigenvalue weighted by molar-refractivity contribution is 6.05. The molecule has 1 spiro atoms. The van der Waals surface area contributed by atoms with Gasteiger partial charge in [0.05, 0.1) is 24.8 Å². The van der Waals surface area contributed by atoms with Gasteiger partial charge in [-0.05, 0) is 38.7 Å². The number of hydrogen-bond acceptors (Lipinski definition) is 7. The highest BCUT2D eigenvalue weighted by atomic mass is 16.5. The van der Waals surface area contributed by atoms with E-state index in [0.717, 1.165) is 44.5 Å². The molecular weight excluding hydrogens is 392 g/mol. The molecule has 164 valence electrons. The van der Waals surface area contributed by atoms with Crippen LogP contribution in [0.2, 0.25) is 0 Å². The second-order valence-corrected chi connectivity index (χ2v) is 8.52. The summed E-state index contributed by atoms with van der Waals surface area (Å²) in [4.78, 5) is 26.5. The van der Waals surface area contributed by atoms with E-state index in [1.165, 1.54) is 0 Å². The summed E-state index contributed by atoms with van der Waals surface area (Å²) in [7, 11) is 1.60. The fourth-order valence-corrected chi connectivity index (χ4v) is 4.72. The summed E-state index contributed by atoms with van der Waals surface area (Å²) < 4.78 is 5.28. The number of ether oxygens (including phenoxy) is 1. The minimum absolute atomic E-state index is 0.167. The SMILES string of the molecule is COc1cc(C)nc(N2CCC3(CCCN(CC(=N)c4ccccc4N)C3=O)CC2)n1. The maximum atomic E-state index is 13.5. The van der Waals surface area contributed by atoms with E-state index in [2.05, 4.69) is 14.9 Å². The predicted octanol–water partition coefficient (Wildman–Crippen LogP) is 2.65. The smallest absolute Gasteiger partial charge is 0.229 e. The van der Waals surface area contributed by atoms with Crippen LogP contribution in [0.25, 0.3) is 0 Å². The van der Waals surface area contributed by atoms with Crippen LogP contribution >= 0.6 is 0 Å². The van der Waals surface area contributed by atoms with Crippen molar-refractivity contribution in [2.24, 2.45) is 5.41 Å². The fraction of sp³-hybridized carbons (Fsp3) is 0.478. The van der Waals surface area contributed by atoms with Gasteiger partial charge in [-0.25, -0.2) is 4.98 Å². The summed E-state index contributed by atoms with van der Waals surface area (Å²) in [5, 5.41) is 8.49. The first kappa shape index (κ1) is 21.1. The van der Waals surface area contributed by atoms with E-state index in [4.69, 9.17) is 15.9 Å². The van der Waals surface area contributed by atoms with Gasteiger partial charge in [-0.2, -0.15) is 4.98 Å². The van der Waals surface area contributed by atoms with Gasteiger partial charge in [-0.15, -0.1) is 0 Å². The molecule has 8 nitrogen and oxygen atoms in total. The number of nitrogens with one attached hydrogen (secondary N) is 1. The van der Waals surface area contributed by atoms with E-state index < -0.39 is 0 Å². The second kappa shape index (κ2) is 8.53. The number of carbonyl (C=O) groups excluding carboxylic acids is 1. The number of para-hydroxylation sites is 1. The number of amides is 1. The molecule has 2 aliphatic heterocycles. The molecule has 1 amide bonds. The monoisotopic (exact) mass is 422 g/mol. The first-order chi connectivity index (χ1) is 14.9. The Labute approximate surface area is 182 Å². The maximum Gasteiger partial charge on any atom is 0.229 e. The Balaban J connectivity index is 1.44. The van der Waals surface area contributed by atoms with E-state index in [1.54, 1.807) is 13.2 Å². The third kappa shape index (κ3) is 4.19. The van der Waals surface area contributed by atoms with Crippen molar-refractivity contribution in [1.29, 1.82) is 5.41 Å². The zero-order valence-corrected chi connectivity index (χ0v) is 18.2. The van der Waals surface area contributed by atoms with Crippen molar-refractivity contribution in [1.82, 2.24) is 14.9 Å². The van der Waals surface area contributed by atoms with E-state index in [9.17, 15) is 4.79 Å². The number of nitrogens with two attached hydrogens (primary N) is 1. The Morgan fingerprint density at radius 1 is 1.19 bits per heavy atom. The molecule has 3 heterocycles. The fourth-order valence-electron chi connectivity index (χ4n) is 4.72. The van der Waals surface area contributed by atoms with Crippen molar-refractivity contribution >= 4 is 23.3 Å². The van der Waals surface area contributed by atoms with E-state index in [0.29, 0.717) is 41.9 Å². The minimum atomic E-state index is -0.356. The molecule has 1 aromatic heterocycles. The average molecular weight is 423 g/mol. The number of hydrogen-bond donors (Lipinski definition) is 2. The number of anilines is 2. The molecule has 0 unspecified atom stereocenters. The molecule has 3 N–H and O–H groups in total. The van der Waals surface area contributed by atoms with Crippen LogP contribution in [0.1, 0.15) is 36.9 Å². The highest BCUT2D eigenvalue weighted by Gasteiger charge is 2.46. The maximum absolute atomic E-state index is 13.5. The Morgan fingerprint density at radius 3 is 2.65 bits per heavy atom. The lowest BCUT2D eigenvalue weighted by Crippen LogP contribution is -2.54. The van der Waals surface area contributed by atoms with E-state index in [1.807, 2.05) is 36.1 Å². The summed E-state index contributed by atoms with van der Waals surface area (Å²) in [6, 6.07) is 9.18. The van der Waals surface area contributed by atoms with E-state index in [-0.39, 0.29) is 11.3 Å². The molecule has 4 rings (SSSR count). The zero-order valence-electron chi connectivity index (χ0n) is 18.2. The Kier molecular flexibility index (Phi) is 5.80. The van der Waals surface area contributed by atoms with Crippen LogP contribution in [0, 0.1) is 17.7 Å². The second-order valence-electron chi connectivity index (χ2n) is 8.52. The molecule has 0 saturated carbocycles. The molecule has 8 heteroatoms. The Morgan fingerprint density at radius 2 is 1.94 bits per heavy atom. The summed E-state index contributed by atoms with van der Waals surface area (Å²) >= 11 is 0. The lowest BCUT2D eigenvalue weighted by atomic mass is 9.71. The van der Waals surface area contributed by atoms with Crippen LogP contribution < -0.4 is 15.4 Å².